The van der Waals surface area contributed by atoms with Crippen molar-refractivity contribution in [2.45, 2.75) is 25.8 Å². The maximum absolute atomic E-state index is 12.3. The van der Waals surface area contributed by atoms with Gasteiger partial charge >= 0.3 is 0 Å². The van der Waals surface area contributed by atoms with E-state index in [1.165, 1.54) is 11.8 Å². The fourth-order valence-corrected chi connectivity index (χ4v) is 3.32. The predicted molar refractivity (Wildman–Crippen MR) is 96.2 cm³/mol. The Morgan fingerprint density at radius 3 is 2.96 bits per heavy atom. The zero-order chi connectivity index (χ0) is 18.1. The molecule has 1 saturated heterocycles. The highest BCUT2D eigenvalue weighted by atomic mass is 16.2. The molecule has 1 atom stereocenters. The van der Waals surface area contributed by atoms with Crippen molar-refractivity contribution in [1.82, 2.24) is 30.2 Å². The molecular weight excluding hydrogens is 334 g/mol. The summed E-state index contributed by atoms with van der Waals surface area (Å²) in [6, 6.07) is -0.00902. The number of nitrogens with zero attached hydrogens (tertiary/aromatic N) is 4. The van der Waals surface area contributed by atoms with E-state index in [2.05, 4.69) is 42.1 Å². The normalized spacial score (nSPS) is 17.0. The van der Waals surface area contributed by atoms with E-state index in [0.29, 0.717) is 6.54 Å². The third-order valence-electron chi connectivity index (χ3n) is 4.64. The molecule has 0 bridgehead atoms. The number of nitrogens with one attached hydrogen (secondary N) is 3. The summed E-state index contributed by atoms with van der Waals surface area (Å²) >= 11 is 0. The monoisotopic (exact) mass is 353 g/mol. The Kier molecular flexibility index (Phi) is 4.11. The summed E-state index contributed by atoms with van der Waals surface area (Å²) in [5.74, 6) is 0.601. The van der Waals surface area contributed by atoms with Crippen molar-refractivity contribution in [2.75, 3.05) is 18.0 Å². The van der Waals surface area contributed by atoms with Gasteiger partial charge < -0.3 is 20.2 Å². The number of aryl methyl sites for hydroxylation is 1. The number of aromatic amines is 2. The molecule has 3 N–H and O–H groups in total. The summed E-state index contributed by atoms with van der Waals surface area (Å²) in [6.45, 7) is 3.56. The van der Waals surface area contributed by atoms with Gasteiger partial charge in [0.2, 0.25) is 0 Å². The van der Waals surface area contributed by atoms with Crippen LogP contribution in [0.5, 0.6) is 0 Å². The van der Waals surface area contributed by atoms with Gasteiger partial charge in [0, 0.05) is 31.5 Å². The third kappa shape index (κ3) is 2.92. The second-order valence-corrected chi connectivity index (χ2v) is 6.29. The second-order valence-electron chi connectivity index (χ2n) is 6.29. The fraction of sp³-hybridized carbons (Fsp3) is 0.353. The molecule has 0 unspecified atom stereocenters. The molecule has 1 aliphatic heterocycles. The van der Waals surface area contributed by atoms with E-state index < -0.39 is 0 Å². The molecule has 26 heavy (non-hydrogen) atoms. The first kappa shape index (κ1) is 16.2. The summed E-state index contributed by atoms with van der Waals surface area (Å²) in [4.78, 5) is 43.8. The molecule has 1 amide bonds. The standard InChI is InChI=1S/C17H19N7O2/c1-2-10-5-20-15-14(10)16(22-9-21-15)24-4-3-11(8-24)23-17(26)12-6-19-13(25)7-18-12/h5-7,9,11H,2-4,8H2,1H3,(H,19,25)(H,23,26)(H,20,21,22)/t11-/m1/s1. The Hall–Kier alpha value is -3.23. The van der Waals surface area contributed by atoms with Crippen LogP contribution in [0.4, 0.5) is 5.82 Å². The number of rotatable bonds is 4. The Bertz CT molecular complexity index is 989. The minimum absolute atomic E-state index is 0.00902. The smallest absolute Gasteiger partial charge is 0.271 e. The first-order valence-corrected chi connectivity index (χ1v) is 8.57. The van der Waals surface area contributed by atoms with Crippen LogP contribution in [0.1, 0.15) is 29.4 Å². The van der Waals surface area contributed by atoms with E-state index in [-0.39, 0.29) is 23.2 Å². The van der Waals surface area contributed by atoms with E-state index in [1.807, 2.05) is 6.20 Å². The van der Waals surface area contributed by atoms with E-state index in [9.17, 15) is 9.59 Å². The lowest BCUT2D eigenvalue weighted by Crippen LogP contribution is -2.38. The maximum Gasteiger partial charge on any atom is 0.271 e. The molecule has 3 aromatic rings. The Balaban J connectivity index is 1.50. The number of aromatic nitrogens is 5. The van der Waals surface area contributed by atoms with Gasteiger partial charge in [-0.2, -0.15) is 0 Å². The highest BCUT2D eigenvalue weighted by molar-refractivity contribution is 5.93. The second kappa shape index (κ2) is 6.58. The van der Waals surface area contributed by atoms with Crippen LogP contribution in [0, 0.1) is 0 Å². The van der Waals surface area contributed by atoms with Crippen molar-refractivity contribution in [3.8, 4) is 0 Å². The summed E-state index contributed by atoms with van der Waals surface area (Å²) in [6.07, 6.45) is 7.67. The van der Waals surface area contributed by atoms with Gasteiger partial charge in [-0.05, 0) is 18.4 Å². The summed E-state index contributed by atoms with van der Waals surface area (Å²) < 4.78 is 0. The summed E-state index contributed by atoms with van der Waals surface area (Å²) in [5.41, 5.74) is 1.88. The van der Waals surface area contributed by atoms with Gasteiger partial charge in [-0.15, -0.1) is 0 Å². The first-order chi connectivity index (χ1) is 12.7. The lowest BCUT2D eigenvalue weighted by Gasteiger charge is -2.19. The quantitative estimate of drug-likeness (QED) is 0.632. The molecular formula is C17H19N7O2. The van der Waals surface area contributed by atoms with Crippen LogP contribution in [0.3, 0.4) is 0 Å². The van der Waals surface area contributed by atoms with Gasteiger partial charge in [0.05, 0.1) is 11.6 Å². The third-order valence-corrected chi connectivity index (χ3v) is 4.64. The summed E-state index contributed by atoms with van der Waals surface area (Å²) in [7, 11) is 0. The lowest BCUT2D eigenvalue weighted by molar-refractivity contribution is 0.0935. The number of H-pyrrole nitrogens is 2. The molecule has 0 aliphatic carbocycles. The van der Waals surface area contributed by atoms with Crippen molar-refractivity contribution in [3.63, 3.8) is 0 Å². The number of amides is 1. The van der Waals surface area contributed by atoms with Crippen molar-refractivity contribution in [2.24, 2.45) is 0 Å². The summed E-state index contributed by atoms with van der Waals surface area (Å²) in [5, 5.41) is 4.01. The number of anilines is 1. The van der Waals surface area contributed by atoms with E-state index in [0.717, 1.165) is 42.4 Å². The molecule has 0 aromatic carbocycles. The Morgan fingerprint density at radius 2 is 2.19 bits per heavy atom. The first-order valence-electron chi connectivity index (χ1n) is 8.57. The largest absolute Gasteiger partial charge is 0.354 e. The van der Waals surface area contributed by atoms with Crippen molar-refractivity contribution < 1.29 is 4.79 Å². The van der Waals surface area contributed by atoms with Crippen LogP contribution in [0.15, 0.2) is 29.7 Å². The number of fused-ring (bicyclic) bond motifs is 1. The molecule has 4 rings (SSSR count). The van der Waals surface area contributed by atoms with Crippen LogP contribution in [-0.2, 0) is 6.42 Å². The molecule has 0 radical (unpaired) electrons. The molecule has 1 fully saturated rings. The molecule has 134 valence electrons. The number of hydrogen-bond acceptors (Lipinski definition) is 6. The zero-order valence-corrected chi connectivity index (χ0v) is 14.3. The van der Waals surface area contributed by atoms with Gasteiger partial charge in [0.1, 0.15) is 23.5 Å². The SMILES string of the molecule is CCc1c[nH]c2ncnc(N3CC[C@@H](NC(=O)c4c[nH]c(=O)cn4)C3)c12. The Morgan fingerprint density at radius 1 is 1.31 bits per heavy atom. The van der Waals surface area contributed by atoms with Crippen molar-refractivity contribution in [1.29, 1.82) is 0 Å². The van der Waals surface area contributed by atoms with Gasteiger partial charge in [-0.3, -0.25) is 9.59 Å². The molecule has 0 spiro atoms. The number of carbonyl (C=O) groups is 1. The highest BCUT2D eigenvalue weighted by Crippen LogP contribution is 2.29. The molecule has 0 saturated carbocycles. The van der Waals surface area contributed by atoms with Crippen LogP contribution in [-0.4, -0.2) is 50.0 Å². The molecule has 1 aliphatic rings. The number of carbonyl (C=O) groups excluding carboxylic acids is 1. The molecule has 4 heterocycles. The van der Waals surface area contributed by atoms with Crippen molar-refractivity contribution in [3.05, 3.63) is 46.5 Å². The van der Waals surface area contributed by atoms with Gasteiger partial charge in [0.15, 0.2) is 0 Å². The molecule has 9 nitrogen and oxygen atoms in total. The van der Waals surface area contributed by atoms with Crippen LogP contribution >= 0.6 is 0 Å². The van der Waals surface area contributed by atoms with E-state index in [1.54, 1.807) is 6.33 Å². The van der Waals surface area contributed by atoms with Crippen molar-refractivity contribution >= 4 is 22.8 Å². The lowest BCUT2D eigenvalue weighted by atomic mass is 10.2. The fourth-order valence-electron chi connectivity index (χ4n) is 3.32. The Labute approximate surface area is 148 Å². The molecule has 9 heteroatoms. The zero-order valence-electron chi connectivity index (χ0n) is 14.3. The van der Waals surface area contributed by atoms with Crippen LogP contribution in [0.2, 0.25) is 0 Å². The minimum Gasteiger partial charge on any atom is -0.354 e. The van der Waals surface area contributed by atoms with Crippen LogP contribution in [0.25, 0.3) is 11.0 Å². The average Bonchev–Trinajstić information content (AvgIpc) is 3.28. The highest BCUT2D eigenvalue weighted by Gasteiger charge is 2.27. The van der Waals surface area contributed by atoms with Gasteiger partial charge in [0.25, 0.3) is 11.5 Å². The van der Waals surface area contributed by atoms with Gasteiger partial charge in [-0.25, -0.2) is 15.0 Å². The van der Waals surface area contributed by atoms with Crippen LogP contribution < -0.4 is 15.8 Å². The minimum atomic E-state index is -0.334. The van der Waals surface area contributed by atoms with Gasteiger partial charge in [-0.1, -0.05) is 6.92 Å². The average molecular weight is 353 g/mol. The van der Waals surface area contributed by atoms with E-state index in [4.69, 9.17) is 0 Å². The molecule has 3 aromatic heterocycles. The topological polar surface area (TPSA) is 120 Å². The predicted octanol–water partition coefficient (Wildman–Crippen LogP) is 0.612. The van der Waals surface area contributed by atoms with E-state index >= 15 is 0 Å². The maximum atomic E-state index is 12.3. The number of hydrogen-bond donors (Lipinski definition) is 3.